The molecular weight excluding hydrogens is 322 g/mol. The Labute approximate surface area is 146 Å². The molecule has 0 radical (unpaired) electrons. The molecule has 2 aliphatic rings. The van der Waals surface area contributed by atoms with Crippen molar-refractivity contribution < 1.29 is 24.2 Å². The quantitative estimate of drug-likeness (QED) is 0.847. The zero-order valence-electron chi connectivity index (χ0n) is 14.3. The molecule has 1 amide bonds. The second-order valence-corrected chi connectivity index (χ2v) is 6.80. The molecule has 1 aliphatic carbocycles. The average Bonchev–Trinajstić information content (AvgIpc) is 3.29. The first kappa shape index (κ1) is 17.5. The monoisotopic (exact) mass is 345 g/mol. The van der Waals surface area contributed by atoms with Crippen LogP contribution in [0.4, 0.5) is 0 Å². The fourth-order valence-electron chi connectivity index (χ4n) is 4.18. The van der Waals surface area contributed by atoms with Crippen LogP contribution in [0.5, 0.6) is 0 Å². The van der Waals surface area contributed by atoms with Crippen molar-refractivity contribution in [2.75, 3.05) is 7.11 Å². The van der Waals surface area contributed by atoms with Gasteiger partial charge in [-0.1, -0.05) is 43.2 Å². The number of likely N-dealkylation sites (tertiary alicyclic amines) is 1. The number of methoxy groups -OCH3 is 1. The fourth-order valence-corrected chi connectivity index (χ4v) is 4.18. The Morgan fingerprint density at radius 2 is 1.76 bits per heavy atom. The van der Waals surface area contributed by atoms with Gasteiger partial charge in [0.2, 0.25) is 5.91 Å². The van der Waals surface area contributed by atoms with Gasteiger partial charge in [0, 0.05) is 5.92 Å². The molecule has 1 saturated heterocycles. The van der Waals surface area contributed by atoms with Gasteiger partial charge < -0.3 is 14.7 Å². The van der Waals surface area contributed by atoms with Gasteiger partial charge in [0.25, 0.3) is 0 Å². The maximum atomic E-state index is 13.1. The van der Waals surface area contributed by atoms with E-state index in [1.165, 1.54) is 12.0 Å². The lowest BCUT2D eigenvalue weighted by molar-refractivity contribution is -0.152. The molecule has 2 fully saturated rings. The number of carbonyl (C=O) groups excluding carboxylic acids is 2. The molecule has 0 bridgehead atoms. The summed E-state index contributed by atoms with van der Waals surface area (Å²) >= 11 is 0. The molecule has 1 heterocycles. The minimum atomic E-state index is -1.07. The molecule has 1 N–H and O–H groups in total. The number of carboxylic acids is 1. The minimum Gasteiger partial charge on any atom is -0.480 e. The van der Waals surface area contributed by atoms with E-state index in [9.17, 15) is 19.5 Å². The van der Waals surface area contributed by atoms with E-state index in [1.54, 1.807) is 0 Å². The second-order valence-electron chi connectivity index (χ2n) is 6.80. The van der Waals surface area contributed by atoms with Crippen LogP contribution in [0.1, 0.15) is 43.7 Å². The summed E-state index contributed by atoms with van der Waals surface area (Å²) in [4.78, 5) is 38.7. The van der Waals surface area contributed by atoms with Gasteiger partial charge in [-0.2, -0.15) is 0 Å². The van der Waals surface area contributed by atoms with Gasteiger partial charge in [-0.25, -0.2) is 4.79 Å². The van der Waals surface area contributed by atoms with E-state index in [-0.39, 0.29) is 18.2 Å². The zero-order chi connectivity index (χ0) is 18.0. The van der Waals surface area contributed by atoms with Gasteiger partial charge in [0.15, 0.2) is 0 Å². The van der Waals surface area contributed by atoms with Crippen molar-refractivity contribution in [1.82, 2.24) is 4.90 Å². The summed E-state index contributed by atoms with van der Waals surface area (Å²) in [6, 6.07) is 7.58. The highest BCUT2D eigenvalue weighted by molar-refractivity contribution is 5.88. The van der Waals surface area contributed by atoms with E-state index in [0.29, 0.717) is 0 Å². The summed E-state index contributed by atoms with van der Waals surface area (Å²) in [5, 5.41) is 9.67. The van der Waals surface area contributed by atoms with Crippen LogP contribution in [-0.2, 0) is 19.1 Å². The van der Waals surface area contributed by atoms with Crippen molar-refractivity contribution in [1.29, 1.82) is 0 Å². The van der Waals surface area contributed by atoms with Crippen LogP contribution in [0.3, 0.4) is 0 Å². The molecule has 6 heteroatoms. The van der Waals surface area contributed by atoms with E-state index in [4.69, 9.17) is 4.74 Å². The van der Waals surface area contributed by atoms with E-state index >= 15 is 0 Å². The van der Waals surface area contributed by atoms with Gasteiger partial charge in [-0.05, 0) is 24.8 Å². The molecule has 0 spiro atoms. The maximum Gasteiger partial charge on any atom is 0.326 e. The van der Waals surface area contributed by atoms with Gasteiger partial charge >= 0.3 is 11.9 Å². The molecular formula is C19H23NO5. The molecule has 25 heavy (non-hydrogen) atoms. The third-order valence-electron chi connectivity index (χ3n) is 5.38. The first-order valence-electron chi connectivity index (χ1n) is 8.72. The van der Waals surface area contributed by atoms with E-state index < -0.39 is 29.9 Å². The first-order chi connectivity index (χ1) is 12.0. The number of carboxylic acid groups (broad SMARTS) is 1. The summed E-state index contributed by atoms with van der Waals surface area (Å²) in [6.45, 7) is 0. The highest BCUT2D eigenvalue weighted by atomic mass is 16.5. The number of aliphatic carboxylic acids is 1. The van der Waals surface area contributed by atoms with E-state index in [1.807, 2.05) is 30.3 Å². The normalized spacial score (nSPS) is 26.6. The largest absolute Gasteiger partial charge is 0.480 e. The molecule has 3 atom stereocenters. The molecule has 6 nitrogen and oxygen atoms in total. The van der Waals surface area contributed by atoms with Gasteiger partial charge in [0.1, 0.15) is 6.04 Å². The van der Waals surface area contributed by atoms with E-state index in [0.717, 1.165) is 31.2 Å². The number of nitrogens with zero attached hydrogens (tertiary/aromatic N) is 1. The van der Waals surface area contributed by atoms with Crippen molar-refractivity contribution in [3.05, 3.63) is 35.9 Å². The molecule has 1 saturated carbocycles. The molecule has 3 unspecified atom stereocenters. The molecule has 0 aromatic heterocycles. The molecule has 1 aliphatic heterocycles. The lowest BCUT2D eigenvalue weighted by Gasteiger charge is -2.32. The summed E-state index contributed by atoms with van der Waals surface area (Å²) < 4.78 is 4.90. The van der Waals surface area contributed by atoms with Crippen molar-refractivity contribution in [3.63, 3.8) is 0 Å². The van der Waals surface area contributed by atoms with Crippen LogP contribution in [-0.4, -0.2) is 41.0 Å². The van der Waals surface area contributed by atoms with Crippen molar-refractivity contribution in [2.45, 2.75) is 44.2 Å². The summed E-state index contributed by atoms with van der Waals surface area (Å²) in [7, 11) is 1.29. The topological polar surface area (TPSA) is 83.9 Å². The number of rotatable bonds is 4. The highest BCUT2D eigenvalue weighted by Crippen LogP contribution is 2.44. The van der Waals surface area contributed by atoms with Crippen LogP contribution in [0.15, 0.2) is 30.3 Å². The van der Waals surface area contributed by atoms with Crippen LogP contribution >= 0.6 is 0 Å². The summed E-state index contributed by atoms with van der Waals surface area (Å²) in [5.74, 6) is -2.51. The Bertz CT molecular complexity index is 653. The Kier molecular flexibility index (Phi) is 5.06. The Balaban J connectivity index is 2.02. The molecule has 1 aromatic carbocycles. The maximum absolute atomic E-state index is 13.1. The number of benzene rings is 1. The SMILES string of the molecule is COC(=O)C1CC(C(=O)O)N(C(=O)C2CCCC2)C1c1ccccc1. The van der Waals surface area contributed by atoms with Crippen molar-refractivity contribution >= 4 is 17.8 Å². The standard InChI is InChI=1S/C19H23NO5/c1-25-19(24)14-11-15(18(22)23)20(17(21)13-9-5-6-10-13)16(14)12-7-3-2-4-8-12/h2-4,7-8,13-16H,5-6,9-11H2,1H3,(H,22,23). The van der Waals surface area contributed by atoms with Gasteiger partial charge in [0.05, 0.1) is 19.1 Å². The van der Waals surface area contributed by atoms with Crippen molar-refractivity contribution in [3.8, 4) is 0 Å². The molecule has 3 rings (SSSR count). The summed E-state index contributed by atoms with van der Waals surface area (Å²) in [6.07, 6.45) is 3.62. The Morgan fingerprint density at radius 3 is 2.32 bits per heavy atom. The first-order valence-corrected chi connectivity index (χ1v) is 8.72. The number of hydrogen-bond donors (Lipinski definition) is 1. The number of hydrogen-bond acceptors (Lipinski definition) is 4. The van der Waals surface area contributed by atoms with Crippen LogP contribution in [0, 0.1) is 11.8 Å². The third kappa shape index (κ3) is 3.25. The third-order valence-corrected chi connectivity index (χ3v) is 5.38. The number of amides is 1. The Morgan fingerprint density at radius 1 is 1.12 bits per heavy atom. The fraction of sp³-hybridized carbons (Fsp3) is 0.526. The molecule has 134 valence electrons. The van der Waals surface area contributed by atoms with E-state index in [2.05, 4.69) is 0 Å². The lowest BCUT2D eigenvalue weighted by Crippen LogP contribution is -2.44. The van der Waals surface area contributed by atoms with Gasteiger partial charge in [-0.15, -0.1) is 0 Å². The van der Waals surface area contributed by atoms with Crippen LogP contribution in [0.2, 0.25) is 0 Å². The second kappa shape index (κ2) is 7.25. The van der Waals surface area contributed by atoms with Crippen molar-refractivity contribution in [2.24, 2.45) is 11.8 Å². The van der Waals surface area contributed by atoms with Gasteiger partial charge in [-0.3, -0.25) is 9.59 Å². The number of esters is 1. The molecule has 1 aromatic rings. The number of ether oxygens (including phenoxy) is 1. The highest BCUT2D eigenvalue weighted by Gasteiger charge is 2.52. The summed E-state index contributed by atoms with van der Waals surface area (Å²) in [5.41, 5.74) is 0.771. The zero-order valence-corrected chi connectivity index (χ0v) is 14.3. The number of carbonyl (C=O) groups is 3. The van der Waals surface area contributed by atoms with Crippen LogP contribution < -0.4 is 0 Å². The smallest absolute Gasteiger partial charge is 0.326 e. The predicted octanol–water partition coefficient (Wildman–Crippen LogP) is 2.39. The minimum absolute atomic E-state index is 0.0834. The Hall–Kier alpha value is -2.37. The average molecular weight is 345 g/mol. The predicted molar refractivity (Wildman–Crippen MR) is 89.5 cm³/mol. The van der Waals surface area contributed by atoms with Crippen LogP contribution in [0.25, 0.3) is 0 Å². The lowest BCUT2D eigenvalue weighted by atomic mass is 9.92.